The number of amides is 1. The lowest BCUT2D eigenvalue weighted by atomic mass is 9.94. The quantitative estimate of drug-likeness (QED) is 0.762. The van der Waals surface area contributed by atoms with E-state index in [1.165, 1.54) is 13.5 Å². The number of carbonyl (C=O) groups is 2. The first-order chi connectivity index (χ1) is 11.3. The molecule has 24 heavy (non-hydrogen) atoms. The van der Waals surface area contributed by atoms with Gasteiger partial charge in [0.2, 0.25) is 0 Å². The van der Waals surface area contributed by atoms with E-state index in [-0.39, 0.29) is 12.1 Å². The van der Waals surface area contributed by atoms with Crippen LogP contribution in [0, 0.1) is 0 Å². The molecule has 0 atom stereocenters. The molecular weight excluding hydrogens is 306 g/mol. The number of hydrogen-bond acceptors (Lipinski definition) is 4. The zero-order valence-electron chi connectivity index (χ0n) is 15.0. The van der Waals surface area contributed by atoms with E-state index >= 15 is 0 Å². The summed E-state index contributed by atoms with van der Waals surface area (Å²) in [5, 5.41) is 0. The Balaban J connectivity index is 2.34. The number of ether oxygens (including phenoxy) is 2. The number of methoxy groups -OCH3 is 1. The van der Waals surface area contributed by atoms with Crippen molar-refractivity contribution < 1.29 is 19.1 Å². The maximum absolute atomic E-state index is 12.8. The summed E-state index contributed by atoms with van der Waals surface area (Å²) in [6.07, 6.45) is 4.92. The number of anilines is 1. The fourth-order valence-corrected chi connectivity index (χ4v) is 3.02. The maximum Gasteiger partial charge on any atom is 0.415 e. The second-order valence-corrected chi connectivity index (χ2v) is 7.18. The normalized spacial score (nSPS) is 15.7. The van der Waals surface area contributed by atoms with Crippen molar-refractivity contribution in [3.63, 3.8) is 0 Å². The highest BCUT2D eigenvalue weighted by atomic mass is 16.6. The third-order valence-corrected chi connectivity index (χ3v) is 4.08. The van der Waals surface area contributed by atoms with Crippen LogP contribution in [0.3, 0.4) is 0 Å². The number of rotatable bonds is 3. The number of carbonyl (C=O) groups excluding carboxylic acids is 2. The molecule has 1 aliphatic rings. The van der Waals surface area contributed by atoms with E-state index < -0.39 is 11.6 Å². The van der Waals surface area contributed by atoms with Crippen molar-refractivity contribution in [1.82, 2.24) is 0 Å². The summed E-state index contributed by atoms with van der Waals surface area (Å²) in [5.74, 6) is -0.412. The molecule has 0 spiro atoms. The predicted octanol–water partition coefficient (Wildman–Crippen LogP) is 4.55. The molecule has 0 aliphatic heterocycles. The molecule has 2 rings (SSSR count). The first-order valence-electron chi connectivity index (χ1n) is 8.52. The van der Waals surface area contributed by atoms with E-state index in [9.17, 15) is 9.59 Å². The van der Waals surface area contributed by atoms with Gasteiger partial charge in [-0.1, -0.05) is 25.3 Å². The second-order valence-electron chi connectivity index (χ2n) is 7.18. The summed E-state index contributed by atoms with van der Waals surface area (Å²) < 4.78 is 10.4. The van der Waals surface area contributed by atoms with Crippen molar-refractivity contribution in [2.45, 2.75) is 64.5 Å². The highest BCUT2D eigenvalue weighted by molar-refractivity contribution is 5.93. The van der Waals surface area contributed by atoms with Crippen molar-refractivity contribution in [3.8, 4) is 0 Å². The first-order valence-corrected chi connectivity index (χ1v) is 8.52. The van der Waals surface area contributed by atoms with E-state index in [0.29, 0.717) is 11.3 Å². The topological polar surface area (TPSA) is 55.8 Å². The molecule has 1 aromatic carbocycles. The standard InChI is InChI=1S/C19H27NO4/c1-19(2,3)24-18(22)20(15-10-6-5-7-11-15)16-12-8-9-14(13-16)17(21)23-4/h8-9,12-13,15H,5-7,10-11H2,1-4H3. The lowest BCUT2D eigenvalue weighted by Gasteiger charge is -2.35. The van der Waals surface area contributed by atoms with Crippen LogP contribution in [-0.4, -0.2) is 30.8 Å². The Labute approximate surface area is 143 Å². The molecule has 1 fully saturated rings. The number of hydrogen-bond donors (Lipinski definition) is 0. The Bertz CT molecular complexity index is 585. The van der Waals surface area contributed by atoms with Gasteiger partial charge in [-0.2, -0.15) is 0 Å². The van der Waals surface area contributed by atoms with Crippen LogP contribution in [0.2, 0.25) is 0 Å². The SMILES string of the molecule is COC(=O)c1cccc(N(C(=O)OC(C)(C)C)C2CCCCC2)c1. The zero-order valence-corrected chi connectivity index (χ0v) is 15.0. The average molecular weight is 333 g/mol. The van der Waals surface area contributed by atoms with Crippen LogP contribution in [0.25, 0.3) is 0 Å². The Morgan fingerprint density at radius 3 is 2.38 bits per heavy atom. The highest BCUT2D eigenvalue weighted by Crippen LogP contribution is 2.29. The summed E-state index contributed by atoms with van der Waals surface area (Å²) in [6.45, 7) is 5.57. The van der Waals surface area contributed by atoms with Gasteiger partial charge in [0.25, 0.3) is 0 Å². The van der Waals surface area contributed by atoms with Gasteiger partial charge in [0, 0.05) is 11.7 Å². The molecular formula is C19H27NO4. The Morgan fingerprint density at radius 1 is 1.12 bits per heavy atom. The summed E-state index contributed by atoms with van der Waals surface area (Å²) in [4.78, 5) is 26.3. The Kier molecular flexibility index (Phi) is 5.86. The summed E-state index contributed by atoms with van der Waals surface area (Å²) in [6, 6.07) is 7.09. The summed E-state index contributed by atoms with van der Waals surface area (Å²) >= 11 is 0. The molecule has 0 radical (unpaired) electrons. The van der Waals surface area contributed by atoms with Crippen LogP contribution < -0.4 is 4.90 Å². The molecule has 0 saturated heterocycles. The van der Waals surface area contributed by atoms with Crippen LogP contribution in [0.15, 0.2) is 24.3 Å². The smallest absolute Gasteiger partial charge is 0.415 e. The van der Waals surface area contributed by atoms with Gasteiger partial charge >= 0.3 is 12.1 Å². The molecule has 0 bridgehead atoms. The molecule has 1 amide bonds. The molecule has 5 nitrogen and oxygen atoms in total. The van der Waals surface area contributed by atoms with Crippen molar-refractivity contribution >= 4 is 17.7 Å². The van der Waals surface area contributed by atoms with E-state index in [0.717, 1.165) is 25.7 Å². The molecule has 0 N–H and O–H groups in total. The van der Waals surface area contributed by atoms with E-state index in [1.54, 1.807) is 23.1 Å². The van der Waals surface area contributed by atoms with Crippen LogP contribution in [-0.2, 0) is 9.47 Å². The molecule has 0 heterocycles. The van der Waals surface area contributed by atoms with Gasteiger partial charge in [0.05, 0.1) is 12.7 Å². The van der Waals surface area contributed by atoms with Gasteiger partial charge in [0.15, 0.2) is 0 Å². The lowest BCUT2D eigenvalue weighted by molar-refractivity contribution is 0.0553. The molecule has 1 aromatic rings. The van der Waals surface area contributed by atoms with Crippen molar-refractivity contribution in [1.29, 1.82) is 0 Å². The highest BCUT2D eigenvalue weighted by Gasteiger charge is 2.31. The fraction of sp³-hybridized carbons (Fsp3) is 0.579. The van der Waals surface area contributed by atoms with Crippen LogP contribution in [0.5, 0.6) is 0 Å². The number of esters is 1. The third kappa shape index (κ3) is 4.73. The Morgan fingerprint density at radius 2 is 1.79 bits per heavy atom. The minimum absolute atomic E-state index is 0.0986. The second kappa shape index (κ2) is 7.69. The molecule has 1 aliphatic carbocycles. The molecule has 1 saturated carbocycles. The molecule has 132 valence electrons. The monoisotopic (exact) mass is 333 g/mol. The fourth-order valence-electron chi connectivity index (χ4n) is 3.02. The van der Waals surface area contributed by atoms with Gasteiger partial charge in [-0.3, -0.25) is 4.90 Å². The molecule has 0 unspecified atom stereocenters. The number of benzene rings is 1. The van der Waals surface area contributed by atoms with Crippen LogP contribution >= 0.6 is 0 Å². The largest absolute Gasteiger partial charge is 0.465 e. The Hall–Kier alpha value is -2.04. The minimum Gasteiger partial charge on any atom is -0.465 e. The van der Waals surface area contributed by atoms with Gasteiger partial charge in [-0.15, -0.1) is 0 Å². The third-order valence-electron chi connectivity index (χ3n) is 4.08. The van der Waals surface area contributed by atoms with Gasteiger partial charge in [0.1, 0.15) is 5.60 Å². The van der Waals surface area contributed by atoms with Crippen molar-refractivity contribution in [3.05, 3.63) is 29.8 Å². The maximum atomic E-state index is 12.8. The molecule has 0 aromatic heterocycles. The average Bonchev–Trinajstić information content (AvgIpc) is 2.54. The van der Waals surface area contributed by atoms with Gasteiger partial charge < -0.3 is 9.47 Å². The van der Waals surface area contributed by atoms with Gasteiger partial charge in [-0.05, 0) is 51.8 Å². The molecule has 5 heteroatoms. The summed E-state index contributed by atoms with van der Waals surface area (Å²) in [7, 11) is 1.35. The number of nitrogens with zero attached hydrogens (tertiary/aromatic N) is 1. The van der Waals surface area contributed by atoms with E-state index in [2.05, 4.69) is 0 Å². The first kappa shape index (κ1) is 18.3. The zero-order chi connectivity index (χ0) is 17.7. The van der Waals surface area contributed by atoms with Crippen molar-refractivity contribution in [2.24, 2.45) is 0 Å². The minimum atomic E-state index is -0.566. The van der Waals surface area contributed by atoms with E-state index in [1.807, 2.05) is 26.8 Å². The predicted molar refractivity (Wildman–Crippen MR) is 93.4 cm³/mol. The van der Waals surface area contributed by atoms with Crippen molar-refractivity contribution in [2.75, 3.05) is 12.0 Å². The van der Waals surface area contributed by atoms with Gasteiger partial charge in [-0.25, -0.2) is 9.59 Å². The van der Waals surface area contributed by atoms with Crippen LogP contribution in [0.1, 0.15) is 63.2 Å². The lowest BCUT2D eigenvalue weighted by Crippen LogP contribution is -2.44. The van der Waals surface area contributed by atoms with E-state index in [4.69, 9.17) is 9.47 Å². The van der Waals surface area contributed by atoms with Crippen LogP contribution in [0.4, 0.5) is 10.5 Å². The summed E-state index contributed by atoms with van der Waals surface area (Å²) in [5.41, 5.74) is 0.544.